The maximum Gasteiger partial charge on any atom is 0.238 e. The zero-order chi connectivity index (χ0) is 20.8. The minimum atomic E-state index is -0.284. The fraction of sp³-hybridized carbons (Fsp3) is 0.333. The molecule has 1 heterocycles. The van der Waals surface area contributed by atoms with Crippen molar-refractivity contribution in [1.29, 1.82) is 0 Å². The van der Waals surface area contributed by atoms with Crippen LogP contribution < -0.4 is 20.1 Å². The van der Waals surface area contributed by atoms with Crippen LogP contribution in [0.15, 0.2) is 36.4 Å². The number of benzene rings is 2. The molecule has 7 nitrogen and oxygen atoms in total. The molecular weight excluding hydrogens is 394 g/mol. The predicted octanol–water partition coefficient (Wildman–Crippen LogP) is 3.18. The number of hydrogen-bond donors (Lipinski definition) is 2. The van der Waals surface area contributed by atoms with E-state index in [2.05, 4.69) is 10.6 Å². The maximum absolute atomic E-state index is 12.4. The van der Waals surface area contributed by atoms with Gasteiger partial charge in [0.2, 0.25) is 11.8 Å². The maximum atomic E-state index is 12.4. The highest BCUT2D eigenvalue weighted by molar-refractivity contribution is 6.34. The molecule has 1 aliphatic rings. The molecule has 2 amide bonds. The van der Waals surface area contributed by atoms with Gasteiger partial charge in [-0.15, -0.1) is 0 Å². The Morgan fingerprint density at radius 2 is 1.59 bits per heavy atom. The van der Waals surface area contributed by atoms with Crippen molar-refractivity contribution in [1.82, 2.24) is 4.90 Å². The first kappa shape index (κ1) is 21.0. The third-order valence-electron chi connectivity index (χ3n) is 4.41. The molecule has 2 N–H and O–H groups in total. The van der Waals surface area contributed by atoms with Gasteiger partial charge < -0.3 is 20.1 Å². The van der Waals surface area contributed by atoms with E-state index >= 15 is 0 Å². The molecule has 0 fully saturated rings. The van der Waals surface area contributed by atoms with E-state index in [0.29, 0.717) is 35.4 Å². The van der Waals surface area contributed by atoms with Gasteiger partial charge >= 0.3 is 0 Å². The van der Waals surface area contributed by atoms with Gasteiger partial charge in [0.15, 0.2) is 11.5 Å². The predicted molar refractivity (Wildman–Crippen MR) is 113 cm³/mol. The second-order valence-electron chi connectivity index (χ2n) is 6.76. The standard InChI is InChI=1S/C21H24ClN3O4/c1-3-14-6-4-5-7-16(14)23-20(26)12-25(2)13-21(27)24-17-11-19-18(10-15(17)22)28-8-9-29-19/h4-7,10-11H,3,8-9,12-13H2,1-2H3,(H,23,26)(H,24,27). The van der Waals surface area contributed by atoms with Crippen molar-refractivity contribution >= 4 is 34.8 Å². The molecule has 8 heteroatoms. The zero-order valence-electron chi connectivity index (χ0n) is 16.5. The number of nitrogens with zero attached hydrogens (tertiary/aromatic N) is 1. The van der Waals surface area contributed by atoms with Crippen LogP contribution in [0.3, 0.4) is 0 Å². The lowest BCUT2D eigenvalue weighted by Crippen LogP contribution is -2.36. The van der Waals surface area contributed by atoms with Gasteiger partial charge in [0.1, 0.15) is 13.2 Å². The summed E-state index contributed by atoms with van der Waals surface area (Å²) < 4.78 is 11.0. The molecule has 1 aliphatic heterocycles. The van der Waals surface area contributed by atoms with E-state index in [9.17, 15) is 9.59 Å². The van der Waals surface area contributed by atoms with E-state index < -0.39 is 0 Å². The van der Waals surface area contributed by atoms with Crippen LogP contribution in [-0.4, -0.2) is 50.1 Å². The second kappa shape index (κ2) is 9.62. The summed E-state index contributed by atoms with van der Waals surface area (Å²) in [7, 11) is 1.70. The molecule has 0 atom stereocenters. The van der Waals surface area contributed by atoms with Crippen LogP contribution in [0.2, 0.25) is 5.02 Å². The van der Waals surface area contributed by atoms with E-state index in [-0.39, 0.29) is 24.9 Å². The molecule has 29 heavy (non-hydrogen) atoms. The number of fused-ring (bicyclic) bond motifs is 1. The number of nitrogens with one attached hydrogen (secondary N) is 2. The Morgan fingerprint density at radius 3 is 2.24 bits per heavy atom. The Balaban J connectivity index is 1.53. The Bertz CT molecular complexity index is 903. The number of anilines is 2. The van der Waals surface area contributed by atoms with E-state index in [0.717, 1.165) is 17.7 Å². The van der Waals surface area contributed by atoms with Gasteiger partial charge in [0.25, 0.3) is 0 Å². The Hall–Kier alpha value is -2.77. The quantitative estimate of drug-likeness (QED) is 0.723. The van der Waals surface area contributed by atoms with E-state index in [1.807, 2.05) is 31.2 Å². The van der Waals surface area contributed by atoms with Crippen molar-refractivity contribution in [3.8, 4) is 11.5 Å². The first-order valence-electron chi connectivity index (χ1n) is 9.41. The van der Waals surface area contributed by atoms with Gasteiger partial charge in [0.05, 0.1) is 23.8 Å². The molecule has 0 unspecified atom stereocenters. The lowest BCUT2D eigenvalue weighted by atomic mass is 10.1. The summed E-state index contributed by atoms with van der Waals surface area (Å²) in [6.07, 6.45) is 0.824. The fourth-order valence-electron chi connectivity index (χ4n) is 3.04. The molecule has 0 saturated carbocycles. The topological polar surface area (TPSA) is 79.9 Å². The average Bonchev–Trinajstić information content (AvgIpc) is 2.68. The second-order valence-corrected chi connectivity index (χ2v) is 7.16. The van der Waals surface area contributed by atoms with Crippen LogP contribution in [0.4, 0.5) is 11.4 Å². The van der Waals surface area contributed by atoms with Crippen molar-refractivity contribution in [2.24, 2.45) is 0 Å². The molecule has 154 valence electrons. The van der Waals surface area contributed by atoms with Crippen LogP contribution >= 0.6 is 11.6 Å². The molecule has 0 aromatic heterocycles. The Labute approximate surface area is 174 Å². The molecule has 2 aromatic rings. The summed E-state index contributed by atoms with van der Waals surface area (Å²) in [5, 5.41) is 6.01. The largest absolute Gasteiger partial charge is 0.486 e. The average molecular weight is 418 g/mol. The number of ether oxygens (including phenoxy) is 2. The number of aryl methyl sites for hydroxylation is 1. The van der Waals surface area contributed by atoms with Gasteiger partial charge in [-0.05, 0) is 25.1 Å². The number of carbonyl (C=O) groups is 2. The van der Waals surface area contributed by atoms with Gasteiger partial charge in [-0.3, -0.25) is 14.5 Å². The summed E-state index contributed by atoms with van der Waals surface area (Å²) in [5.41, 5.74) is 2.30. The molecule has 3 rings (SSSR count). The van der Waals surface area contributed by atoms with Gasteiger partial charge in [-0.2, -0.15) is 0 Å². The molecule has 0 aliphatic carbocycles. The van der Waals surface area contributed by atoms with Gasteiger partial charge in [0, 0.05) is 17.8 Å². The zero-order valence-corrected chi connectivity index (χ0v) is 17.2. The third kappa shape index (κ3) is 5.62. The number of hydrogen-bond acceptors (Lipinski definition) is 5. The van der Waals surface area contributed by atoms with E-state index in [4.69, 9.17) is 21.1 Å². The first-order valence-corrected chi connectivity index (χ1v) is 9.79. The summed E-state index contributed by atoms with van der Waals surface area (Å²) in [6.45, 7) is 3.06. The molecule has 0 spiro atoms. The number of halogens is 1. The van der Waals surface area contributed by atoms with Crippen molar-refractivity contribution < 1.29 is 19.1 Å². The highest BCUT2D eigenvalue weighted by Gasteiger charge is 2.17. The Kier molecular flexibility index (Phi) is 6.95. The fourth-order valence-corrected chi connectivity index (χ4v) is 3.24. The van der Waals surface area contributed by atoms with Crippen LogP contribution in [0, 0.1) is 0 Å². The number of likely N-dealkylation sites (N-methyl/N-ethyl adjacent to an activating group) is 1. The van der Waals surface area contributed by atoms with Crippen molar-refractivity contribution in [2.45, 2.75) is 13.3 Å². The summed E-state index contributed by atoms with van der Waals surface area (Å²) >= 11 is 6.22. The molecule has 0 bridgehead atoms. The SMILES string of the molecule is CCc1ccccc1NC(=O)CN(C)CC(=O)Nc1cc2c(cc1Cl)OCCO2. The molecular formula is C21H24ClN3O4. The van der Waals surface area contributed by atoms with Crippen molar-refractivity contribution in [2.75, 3.05) is 44.0 Å². The molecule has 0 radical (unpaired) electrons. The Morgan fingerprint density at radius 1 is 1.00 bits per heavy atom. The van der Waals surface area contributed by atoms with E-state index in [1.54, 1.807) is 24.1 Å². The van der Waals surface area contributed by atoms with Gasteiger partial charge in [-0.25, -0.2) is 0 Å². The lowest BCUT2D eigenvalue weighted by Gasteiger charge is -2.20. The molecule has 0 saturated heterocycles. The van der Waals surface area contributed by atoms with Crippen molar-refractivity contribution in [3.05, 3.63) is 47.0 Å². The highest BCUT2D eigenvalue weighted by Crippen LogP contribution is 2.37. The number of amides is 2. The van der Waals surface area contributed by atoms with E-state index in [1.165, 1.54) is 0 Å². The van der Waals surface area contributed by atoms with Gasteiger partial charge in [-0.1, -0.05) is 36.7 Å². The summed E-state index contributed by atoms with van der Waals surface area (Å²) in [4.78, 5) is 26.3. The van der Waals surface area contributed by atoms with Crippen LogP contribution in [-0.2, 0) is 16.0 Å². The van der Waals surface area contributed by atoms with Crippen molar-refractivity contribution in [3.63, 3.8) is 0 Å². The molecule has 2 aromatic carbocycles. The number of rotatable bonds is 7. The normalized spacial score (nSPS) is 12.6. The van der Waals surface area contributed by atoms with Crippen LogP contribution in [0.25, 0.3) is 0 Å². The smallest absolute Gasteiger partial charge is 0.238 e. The monoisotopic (exact) mass is 417 g/mol. The van der Waals surface area contributed by atoms with Crippen LogP contribution in [0.5, 0.6) is 11.5 Å². The van der Waals surface area contributed by atoms with Crippen LogP contribution in [0.1, 0.15) is 12.5 Å². The third-order valence-corrected chi connectivity index (χ3v) is 4.72. The highest BCUT2D eigenvalue weighted by atomic mass is 35.5. The first-order chi connectivity index (χ1) is 14.0. The number of carbonyl (C=O) groups excluding carboxylic acids is 2. The number of para-hydroxylation sites is 1. The minimum Gasteiger partial charge on any atom is -0.486 e. The summed E-state index contributed by atoms with van der Waals surface area (Å²) in [5.74, 6) is 0.630. The summed E-state index contributed by atoms with van der Waals surface area (Å²) in [6, 6.07) is 10.9. The lowest BCUT2D eigenvalue weighted by molar-refractivity contribution is -0.119. The minimum absolute atomic E-state index is 0.0353.